The summed E-state index contributed by atoms with van der Waals surface area (Å²) in [5, 5.41) is 2.83. The van der Waals surface area contributed by atoms with E-state index >= 15 is 0 Å². The summed E-state index contributed by atoms with van der Waals surface area (Å²) in [6, 6.07) is 8.37. The Bertz CT molecular complexity index is 1050. The second-order valence-corrected chi connectivity index (χ2v) is 9.91. The van der Waals surface area contributed by atoms with Gasteiger partial charge in [0.15, 0.2) is 0 Å². The van der Waals surface area contributed by atoms with Crippen LogP contribution in [0.4, 0.5) is 5.69 Å². The van der Waals surface area contributed by atoms with E-state index in [2.05, 4.69) is 22.4 Å². The van der Waals surface area contributed by atoms with Crippen LogP contribution >= 0.6 is 11.6 Å². The summed E-state index contributed by atoms with van der Waals surface area (Å²) in [6.07, 6.45) is 9.61. The van der Waals surface area contributed by atoms with Gasteiger partial charge in [-0.25, -0.2) is 4.79 Å². The summed E-state index contributed by atoms with van der Waals surface area (Å²) in [5.41, 5.74) is 1.34. The quantitative estimate of drug-likeness (QED) is 0.763. The zero-order valence-electron chi connectivity index (χ0n) is 16.8. The third kappa shape index (κ3) is 3.62. The number of amides is 1. The molecule has 158 valence electrons. The van der Waals surface area contributed by atoms with Gasteiger partial charge in [-0.3, -0.25) is 19.1 Å². The maximum atomic E-state index is 12.3. The minimum atomic E-state index is -0.624. The molecule has 2 aromatic rings. The van der Waals surface area contributed by atoms with Crippen molar-refractivity contribution in [2.24, 2.45) is 17.8 Å². The van der Waals surface area contributed by atoms with E-state index in [9.17, 15) is 14.4 Å². The minimum Gasteiger partial charge on any atom is -0.326 e. The molecule has 1 heterocycles. The maximum Gasteiger partial charge on any atom is 0.328 e. The monoisotopic (exact) mass is 427 g/mol. The van der Waals surface area contributed by atoms with Gasteiger partial charge in [0, 0.05) is 24.8 Å². The smallest absolute Gasteiger partial charge is 0.326 e. The fraction of sp³-hybridized carbons (Fsp3) is 0.522. The Morgan fingerprint density at radius 3 is 2.27 bits per heavy atom. The van der Waals surface area contributed by atoms with Gasteiger partial charge < -0.3 is 5.32 Å². The molecule has 2 N–H and O–H groups in total. The summed E-state index contributed by atoms with van der Waals surface area (Å²) in [4.78, 5) is 37.6. The van der Waals surface area contributed by atoms with Crippen molar-refractivity contribution in [1.29, 1.82) is 0 Å². The Morgan fingerprint density at radius 2 is 1.67 bits per heavy atom. The molecule has 4 saturated carbocycles. The second kappa shape index (κ2) is 7.41. The standard InChI is InChI=1S/C23H26ClN3O3/c24-19-13-27(22(30)26-21(19)29)6-5-20(28)25-18-3-1-17(2-4-18)23-10-14-7-15(11-23)9-16(8-14)12-23/h1-4,13-16H,5-12H2,(H,25,28)(H,26,29,30). The molecule has 4 aliphatic rings. The van der Waals surface area contributed by atoms with Crippen LogP contribution in [0.2, 0.25) is 5.02 Å². The lowest BCUT2D eigenvalue weighted by molar-refractivity contribution is -0.116. The first-order valence-electron chi connectivity index (χ1n) is 10.8. The number of nitrogens with one attached hydrogen (secondary N) is 2. The predicted molar refractivity (Wildman–Crippen MR) is 116 cm³/mol. The molecule has 4 bridgehead atoms. The number of benzene rings is 1. The number of rotatable bonds is 5. The fourth-order valence-electron chi connectivity index (χ4n) is 6.47. The first-order chi connectivity index (χ1) is 14.4. The lowest BCUT2D eigenvalue weighted by atomic mass is 9.48. The lowest BCUT2D eigenvalue weighted by Crippen LogP contribution is -2.48. The highest BCUT2D eigenvalue weighted by Gasteiger charge is 2.51. The number of carbonyl (C=O) groups is 1. The lowest BCUT2D eigenvalue weighted by Gasteiger charge is -2.57. The van der Waals surface area contributed by atoms with E-state index in [0.717, 1.165) is 23.4 Å². The van der Waals surface area contributed by atoms with E-state index in [4.69, 9.17) is 11.6 Å². The van der Waals surface area contributed by atoms with Crippen molar-refractivity contribution >= 4 is 23.2 Å². The van der Waals surface area contributed by atoms with Gasteiger partial charge in [0.2, 0.25) is 5.91 Å². The van der Waals surface area contributed by atoms with Crippen LogP contribution in [0.3, 0.4) is 0 Å². The number of carbonyl (C=O) groups excluding carboxylic acids is 1. The number of hydrogen-bond acceptors (Lipinski definition) is 3. The third-order valence-corrected chi connectivity index (χ3v) is 7.64. The summed E-state index contributed by atoms with van der Waals surface area (Å²) in [5.74, 6) is 2.52. The molecular formula is C23H26ClN3O3. The van der Waals surface area contributed by atoms with Gasteiger partial charge in [-0.15, -0.1) is 0 Å². The molecule has 4 aliphatic carbocycles. The number of aromatic nitrogens is 2. The first-order valence-corrected chi connectivity index (χ1v) is 11.2. The van der Waals surface area contributed by atoms with Crippen LogP contribution < -0.4 is 16.6 Å². The van der Waals surface area contributed by atoms with Crippen LogP contribution in [-0.4, -0.2) is 15.5 Å². The molecule has 30 heavy (non-hydrogen) atoms. The highest BCUT2D eigenvalue weighted by Crippen LogP contribution is 2.60. The Kier molecular flexibility index (Phi) is 4.85. The zero-order valence-corrected chi connectivity index (χ0v) is 17.6. The molecule has 0 aliphatic heterocycles. The van der Waals surface area contributed by atoms with E-state index in [1.165, 1.54) is 54.9 Å². The molecule has 0 radical (unpaired) electrons. The first kappa shape index (κ1) is 19.6. The minimum absolute atomic E-state index is 0.0738. The van der Waals surface area contributed by atoms with E-state index in [-0.39, 0.29) is 23.9 Å². The number of hydrogen-bond donors (Lipinski definition) is 2. The van der Waals surface area contributed by atoms with Gasteiger partial charge in [-0.1, -0.05) is 23.7 Å². The molecule has 0 unspecified atom stereocenters. The molecule has 0 atom stereocenters. The number of aromatic amines is 1. The van der Waals surface area contributed by atoms with Crippen molar-refractivity contribution in [3.63, 3.8) is 0 Å². The SMILES string of the molecule is O=C(CCn1cc(Cl)c(=O)[nH]c1=O)Nc1ccc(C23CC4CC(CC(C4)C2)C3)cc1. The Morgan fingerprint density at radius 1 is 1.07 bits per heavy atom. The largest absolute Gasteiger partial charge is 0.328 e. The van der Waals surface area contributed by atoms with Crippen LogP contribution in [0, 0.1) is 17.8 Å². The van der Waals surface area contributed by atoms with Gasteiger partial charge in [-0.05, 0) is 79.4 Å². The van der Waals surface area contributed by atoms with Crippen LogP contribution in [-0.2, 0) is 16.8 Å². The number of H-pyrrole nitrogens is 1. The molecule has 1 aromatic carbocycles. The summed E-state index contributed by atoms with van der Waals surface area (Å²) in [7, 11) is 0. The fourth-order valence-corrected chi connectivity index (χ4v) is 6.63. The predicted octanol–water partition coefficient (Wildman–Crippen LogP) is 3.69. The molecule has 6 nitrogen and oxygen atoms in total. The average molecular weight is 428 g/mol. The Balaban J connectivity index is 1.22. The zero-order chi connectivity index (χ0) is 20.9. The highest BCUT2D eigenvalue weighted by atomic mass is 35.5. The van der Waals surface area contributed by atoms with Crippen LogP contribution in [0.1, 0.15) is 50.5 Å². The molecule has 0 spiro atoms. The summed E-state index contributed by atoms with van der Waals surface area (Å²) >= 11 is 5.75. The van der Waals surface area contributed by atoms with Gasteiger partial charge in [0.05, 0.1) is 0 Å². The Hall–Kier alpha value is -2.34. The number of halogens is 1. The maximum absolute atomic E-state index is 12.3. The summed E-state index contributed by atoms with van der Waals surface area (Å²) < 4.78 is 1.24. The van der Waals surface area contributed by atoms with Crippen molar-refractivity contribution < 1.29 is 4.79 Å². The van der Waals surface area contributed by atoms with Crippen molar-refractivity contribution in [2.45, 2.75) is 56.9 Å². The molecule has 1 amide bonds. The topological polar surface area (TPSA) is 84.0 Å². The second-order valence-electron chi connectivity index (χ2n) is 9.50. The molecule has 0 saturated heterocycles. The van der Waals surface area contributed by atoms with Crippen molar-refractivity contribution in [3.8, 4) is 0 Å². The molecule has 4 fully saturated rings. The summed E-state index contributed by atoms with van der Waals surface area (Å²) in [6.45, 7) is 0.145. The number of nitrogens with zero attached hydrogens (tertiary/aromatic N) is 1. The van der Waals surface area contributed by atoms with E-state index in [1.807, 2.05) is 12.1 Å². The van der Waals surface area contributed by atoms with Crippen LogP contribution in [0.15, 0.2) is 40.1 Å². The van der Waals surface area contributed by atoms with E-state index in [0.29, 0.717) is 5.41 Å². The van der Waals surface area contributed by atoms with E-state index < -0.39 is 11.2 Å². The molecule has 1 aromatic heterocycles. The van der Waals surface area contributed by atoms with Crippen molar-refractivity contribution in [3.05, 3.63) is 61.9 Å². The van der Waals surface area contributed by atoms with Crippen LogP contribution in [0.25, 0.3) is 0 Å². The number of anilines is 1. The molecular weight excluding hydrogens is 402 g/mol. The number of aryl methyl sites for hydroxylation is 1. The Labute approximate surface area is 179 Å². The molecule has 7 heteroatoms. The van der Waals surface area contributed by atoms with E-state index in [1.54, 1.807) is 0 Å². The van der Waals surface area contributed by atoms with Crippen LogP contribution in [0.5, 0.6) is 0 Å². The van der Waals surface area contributed by atoms with Gasteiger partial charge in [0.25, 0.3) is 5.56 Å². The van der Waals surface area contributed by atoms with Crippen molar-refractivity contribution in [1.82, 2.24) is 9.55 Å². The normalized spacial score (nSPS) is 29.2. The highest BCUT2D eigenvalue weighted by molar-refractivity contribution is 6.30. The van der Waals surface area contributed by atoms with Gasteiger partial charge in [0.1, 0.15) is 5.02 Å². The molecule has 6 rings (SSSR count). The van der Waals surface area contributed by atoms with Crippen molar-refractivity contribution in [2.75, 3.05) is 5.32 Å². The average Bonchev–Trinajstić information content (AvgIpc) is 2.69. The third-order valence-electron chi connectivity index (χ3n) is 7.37. The van der Waals surface area contributed by atoms with Gasteiger partial charge in [-0.2, -0.15) is 0 Å². The van der Waals surface area contributed by atoms with Gasteiger partial charge >= 0.3 is 5.69 Å².